The van der Waals surface area contributed by atoms with Crippen molar-refractivity contribution < 1.29 is 0 Å². The molecule has 2 N–H and O–H groups in total. The van der Waals surface area contributed by atoms with Gasteiger partial charge in [0, 0.05) is 30.4 Å². The van der Waals surface area contributed by atoms with Gasteiger partial charge in [-0.25, -0.2) is 0 Å². The zero-order valence-electron chi connectivity index (χ0n) is 11.7. The van der Waals surface area contributed by atoms with E-state index in [1.807, 2.05) is 6.20 Å². The molecule has 0 aliphatic heterocycles. The third kappa shape index (κ3) is 2.50. The maximum Gasteiger partial charge on any atom is 0.0490 e. The molecule has 0 atom stereocenters. The van der Waals surface area contributed by atoms with E-state index in [-0.39, 0.29) is 0 Å². The lowest BCUT2D eigenvalue weighted by Gasteiger charge is -2.35. The molecule has 1 aromatic carbocycles. The van der Waals surface area contributed by atoms with Gasteiger partial charge in [0.15, 0.2) is 0 Å². The lowest BCUT2D eigenvalue weighted by atomic mass is 9.70. The van der Waals surface area contributed by atoms with Gasteiger partial charge in [0.05, 0.1) is 0 Å². The molecule has 1 heterocycles. The van der Waals surface area contributed by atoms with Crippen LogP contribution in [0, 0.1) is 0 Å². The molecule has 2 fully saturated rings. The minimum atomic E-state index is 0.677. The third-order valence-electron chi connectivity index (χ3n) is 4.69. The lowest BCUT2D eigenvalue weighted by molar-refractivity contribution is 0.344. The van der Waals surface area contributed by atoms with Gasteiger partial charge < -0.3 is 5.32 Å². The number of nitrogens with one attached hydrogen (secondary N) is 2. The van der Waals surface area contributed by atoms with Crippen LogP contribution < -0.4 is 5.32 Å². The van der Waals surface area contributed by atoms with Gasteiger partial charge in [0.2, 0.25) is 0 Å². The minimum Gasteiger partial charge on any atom is -0.310 e. The number of rotatable bonds is 5. The molecule has 20 heavy (non-hydrogen) atoms. The van der Waals surface area contributed by atoms with Crippen LogP contribution in [0.5, 0.6) is 0 Å². The fraction of sp³-hybridized carbons (Fsp3) is 0.471. The summed E-state index contributed by atoms with van der Waals surface area (Å²) in [5, 5.41) is 10.7. The molecule has 2 aliphatic carbocycles. The fourth-order valence-electron chi connectivity index (χ4n) is 3.14. The summed E-state index contributed by atoms with van der Waals surface area (Å²) >= 11 is 0. The Morgan fingerprint density at radius 3 is 2.80 bits per heavy atom. The molecule has 0 saturated heterocycles. The van der Waals surface area contributed by atoms with Crippen molar-refractivity contribution in [2.24, 2.45) is 0 Å². The Kier molecular flexibility index (Phi) is 3.07. The van der Waals surface area contributed by atoms with Gasteiger partial charge in [-0.1, -0.05) is 24.3 Å². The molecule has 1 aromatic heterocycles. The van der Waals surface area contributed by atoms with Crippen LogP contribution in [0.4, 0.5) is 0 Å². The average molecular weight is 267 g/mol. The third-order valence-corrected chi connectivity index (χ3v) is 4.69. The van der Waals surface area contributed by atoms with Crippen LogP contribution in [0.3, 0.4) is 0 Å². The molecule has 2 aliphatic rings. The molecule has 0 unspecified atom stereocenters. The first-order valence-electron chi connectivity index (χ1n) is 7.70. The molecule has 0 bridgehead atoms. The van der Waals surface area contributed by atoms with E-state index in [4.69, 9.17) is 0 Å². The second-order valence-corrected chi connectivity index (χ2v) is 6.28. The molecule has 3 heteroatoms. The molecule has 104 valence electrons. The topological polar surface area (TPSA) is 40.7 Å². The predicted octanol–water partition coefficient (Wildman–Crippen LogP) is 3.32. The van der Waals surface area contributed by atoms with Crippen molar-refractivity contribution in [3.63, 3.8) is 0 Å². The van der Waals surface area contributed by atoms with E-state index >= 15 is 0 Å². The molecule has 4 rings (SSSR count). The Balaban J connectivity index is 1.38. The molecule has 2 saturated carbocycles. The SMILES string of the molecule is c1cc(CNC2CC2)cc(C2CC(c3ccn[nH]3)C2)c1. The summed E-state index contributed by atoms with van der Waals surface area (Å²) in [5.41, 5.74) is 4.24. The van der Waals surface area contributed by atoms with E-state index in [1.54, 1.807) is 0 Å². The van der Waals surface area contributed by atoms with Crippen molar-refractivity contribution in [2.75, 3.05) is 0 Å². The Hall–Kier alpha value is -1.61. The Labute approximate surface area is 119 Å². The van der Waals surface area contributed by atoms with Crippen molar-refractivity contribution >= 4 is 0 Å². The standard InChI is InChI=1S/C17H21N3/c1-2-12(11-18-16-4-5-16)8-13(3-1)14-9-15(10-14)17-6-7-19-20-17/h1-3,6-8,14-16,18H,4-5,9-11H2,(H,19,20). The highest BCUT2D eigenvalue weighted by molar-refractivity contribution is 5.30. The predicted molar refractivity (Wildman–Crippen MR) is 79.6 cm³/mol. The number of hydrogen-bond acceptors (Lipinski definition) is 2. The Morgan fingerprint density at radius 1 is 1.15 bits per heavy atom. The summed E-state index contributed by atoms with van der Waals surface area (Å²) in [6, 6.07) is 12.0. The van der Waals surface area contributed by atoms with Crippen molar-refractivity contribution in [3.05, 3.63) is 53.3 Å². The number of benzene rings is 1. The van der Waals surface area contributed by atoms with E-state index in [0.717, 1.165) is 18.5 Å². The zero-order valence-corrected chi connectivity index (χ0v) is 11.7. The highest BCUT2D eigenvalue weighted by atomic mass is 15.1. The summed E-state index contributed by atoms with van der Waals surface area (Å²) < 4.78 is 0. The number of aromatic nitrogens is 2. The highest BCUT2D eigenvalue weighted by Crippen LogP contribution is 2.46. The highest BCUT2D eigenvalue weighted by Gasteiger charge is 2.32. The number of hydrogen-bond donors (Lipinski definition) is 2. The van der Waals surface area contributed by atoms with Crippen molar-refractivity contribution in [2.45, 2.75) is 50.1 Å². The van der Waals surface area contributed by atoms with Gasteiger partial charge >= 0.3 is 0 Å². The Morgan fingerprint density at radius 2 is 2.05 bits per heavy atom. The number of nitrogens with zero attached hydrogens (tertiary/aromatic N) is 1. The van der Waals surface area contributed by atoms with Gasteiger partial charge in [0.1, 0.15) is 0 Å². The van der Waals surface area contributed by atoms with E-state index in [9.17, 15) is 0 Å². The van der Waals surface area contributed by atoms with Crippen LogP contribution in [0.25, 0.3) is 0 Å². The Bertz CT molecular complexity index is 566. The van der Waals surface area contributed by atoms with Crippen LogP contribution >= 0.6 is 0 Å². The van der Waals surface area contributed by atoms with Crippen LogP contribution in [0.15, 0.2) is 36.5 Å². The molecule has 0 amide bonds. The second kappa shape index (κ2) is 5.06. The minimum absolute atomic E-state index is 0.677. The largest absolute Gasteiger partial charge is 0.310 e. The van der Waals surface area contributed by atoms with Gasteiger partial charge in [-0.15, -0.1) is 0 Å². The van der Waals surface area contributed by atoms with Gasteiger partial charge in [-0.05, 0) is 48.8 Å². The van der Waals surface area contributed by atoms with Crippen LogP contribution in [-0.4, -0.2) is 16.2 Å². The van der Waals surface area contributed by atoms with Crippen LogP contribution in [-0.2, 0) is 6.54 Å². The lowest BCUT2D eigenvalue weighted by Crippen LogP contribution is -2.21. The van der Waals surface area contributed by atoms with Gasteiger partial charge in [-0.2, -0.15) is 5.10 Å². The summed E-state index contributed by atoms with van der Waals surface area (Å²) in [6.45, 7) is 1.02. The first-order chi connectivity index (χ1) is 9.88. The summed E-state index contributed by atoms with van der Waals surface area (Å²) in [7, 11) is 0. The maximum atomic E-state index is 4.05. The fourth-order valence-corrected chi connectivity index (χ4v) is 3.14. The van der Waals surface area contributed by atoms with E-state index in [1.165, 1.54) is 42.5 Å². The quantitative estimate of drug-likeness (QED) is 0.872. The maximum absolute atomic E-state index is 4.05. The second-order valence-electron chi connectivity index (χ2n) is 6.28. The molecule has 3 nitrogen and oxygen atoms in total. The van der Waals surface area contributed by atoms with E-state index in [2.05, 4.69) is 45.8 Å². The van der Waals surface area contributed by atoms with Gasteiger partial charge in [0.25, 0.3) is 0 Å². The van der Waals surface area contributed by atoms with E-state index < -0.39 is 0 Å². The molecular formula is C17H21N3. The first-order valence-corrected chi connectivity index (χ1v) is 7.70. The summed E-state index contributed by atoms with van der Waals surface area (Å²) in [5.74, 6) is 1.40. The van der Waals surface area contributed by atoms with Crippen molar-refractivity contribution in [1.82, 2.24) is 15.5 Å². The monoisotopic (exact) mass is 267 g/mol. The molecule has 0 radical (unpaired) electrons. The molecular weight excluding hydrogens is 246 g/mol. The molecule has 2 aromatic rings. The number of aromatic amines is 1. The zero-order chi connectivity index (χ0) is 13.4. The van der Waals surface area contributed by atoms with Crippen LogP contribution in [0.2, 0.25) is 0 Å². The molecule has 0 spiro atoms. The summed E-state index contributed by atoms with van der Waals surface area (Å²) in [4.78, 5) is 0. The number of H-pyrrole nitrogens is 1. The van der Waals surface area contributed by atoms with Crippen molar-refractivity contribution in [3.8, 4) is 0 Å². The van der Waals surface area contributed by atoms with E-state index in [0.29, 0.717) is 5.92 Å². The van der Waals surface area contributed by atoms with Crippen molar-refractivity contribution in [1.29, 1.82) is 0 Å². The summed E-state index contributed by atoms with van der Waals surface area (Å²) in [6.07, 6.45) is 7.07. The smallest absolute Gasteiger partial charge is 0.0490 e. The van der Waals surface area contributed by atoms with Crippen LogP contribution in [0.1, 0.15) is 54.3 Å². The van der Waals surface area contributed by atoms with Gasteiger partial charge in [-0.3, -0.25) is 5.10 Å². The average Bonchev–Trinajstić information content (AvgIpc) is 3.10. The normalized spacial score (nSPS) is 25.4. The first kappa shape index (κ1) is 12.2.